The molecule has 0 radical (unpaired) electrons. The summed E-state index contributed by atoms with van der Waals surface area (Å²) in [6.45, 7) is 4.00. The highest BCUT2D eigenvalue weighted by Gasteiger charge is 2.46. The maximum atomic E-state index is 13.1. The fraction of sp³-hybridized carbons (Fsp3) is 0.333. The molecular formula is C21H22Cl2NO8P. The number of phosphoric acid groups is 1. The predicted molar refractivity (Wildman–Crippen MR) is 121 cm³/mol. The summed E-state index contributed by atoms with van der Waals surface area (Å²) in [4.78, 5) is 43.1. The van der Waals surface area contributed by atoms with E-state index in [-0.39, 0.29) is 21.4 Å². The molecule has 2 aromatic carbocycles. The van der Waals surface area contributed by atoms with Gasteiger partial charge in [-0.3, -0.25) is 14.1 Å². The van der Waals surface area contributed by atoms with Crippen molar-refractivity contribution < 1.29 is 37.9 Å². The van der Waals surface area contributed by atoms with Crippen molar-refractivity contribution in [1.82, 2.24) is 5.32 Å². The molecule has 33 heavy (non-hydrogen) atoms. The maximum absolute atomic E-state index is 13.1. The lowest BCUT2D eigenvalue weighted by Crippen LogP contribution is -2.55. The first-order valence-electron chi connectivity index (χ1n) is 9.70. The summed E-state index contributed by atoms with van der Waals surface area (Å²) in [5.74, 6) is -0.370. The maximum Gasteiger partial charge on any atom is 0.471 e. The van der Waals surface area contributed by atoms with Crippen LogP contribution in [0, 0.1) is 0 Å². The molecule has 178 valence electrons. The van der Waals surface area contributed by atoms with E-state index in [1.807, 2.05) is 0 Å². The Kier molecular flexibility index (Phi) is 7.55. The van der Waals surface area contributed by atoms with Crippen LogP contribution < -0.4 is 10.1 Å². The van der Waals surface area contributed by atoms with Crippen LogP contribution in [-0.2, 0) is 13.8 Å². The van der Waals surface area contributed by atoms with Gasteiger partial charge >= 0.3 is 7.82 Å². The van der Waals surface area contributed by atoms with Gasteiger partial charge in [-0.25, -0.2) is 4.57 Å². The Balaban J connectivity index is 2.03. The Morgan fingerprint density at radius 3 is 2.55 bits per heavy atom. The molecule has 0 spiro atoms. The number of nitrogens with one attached hydrogen (secondary N) is 1. The van der Waals surface area contributed by atoms with E-state index in [9.17, 15) is 14.2 Å². The van der Waals surface area contributed by atoms with Gasteiger partial charge in [0, 0.05) is 11.1 Å². The molecule has 12 heteroatoms. The second kappa shape index (κ2) is 9.72. The fourth-order valence-electron chi connectivity index (χ4n) is 3.53. The number of carbonyl (C=O) groups is 2. The first-order valence-corrected chi connectivity index (χ1v) is 12.0. The second-order valence-corrected chi connectivity index (χ2v) is 9.92. The van der Waals surface area contributed by atoms with Gasteiger partial charge in [-0.15, -0.1) is 0 Å². The Bertz CT molecular complexity index is 1130. The zero-order chi connectivity index (χ0) is 24.6. The van der Waals surface area contributed by atoms with Gasteiger partial charge in [-0.2, -0.15) is 0 Å². The van der Waals surface area contributed by atoms with Gasteiger partial charge in [-0.1, -0.05) is 29.3 Å². The molecule has 1 aliphatic rings. The predicted octanol–water partition coefficient (Wildman–Crippen LogP) is 4.29. The van der Waals surface area contributed by atoms with Crippen molar-refractivity contribution in [3.63, 3.8) is 0 Å². The number of fused-ring (bicyclic) bond motifs is 1. The third-order valence-electron chi connectivity index (χ3n) is 5.06. The molecule has 0 unspecified atom stereocenters. The molecule has 0 bridgehead atoms. The van der Waals surface area contributed by atoms with Crippen molar-refractivity contribution in [1.29, 1.82) is 0 Å². The van der Waals surface area contributed by atoms with Crippen LogP contribution in [0.15, 0.2) is 36.4 Å². The average molecular weight is 518 g/mol. The monoisotopic (exact) mass is 517 g/mol. The molecule has 3 rings (SSSR count). The number of hydrogen-bond donors (Lipinski definition) is 3. The van der Waals surface area contributed by atoms with E-state index in [4.69, 9.17) is 42.5 Å². The number of hydrogen-bond acceptors (Lipinski definition) is 6. The van der Waals surface area contributed by atoms with Crippen molar-refractivity contribution in [3.8, 4) is 5.75 Å². The van der Waals surface area contributed by atoms with Crippen molar-refractivity contribution in [2.45, 2.75) is 38.5 Å². The minimum Gasteiger partial charge on any atom is -0.485 e. The highest BCUT2D eigenvalue weighted by Crippen LogP contribution is 2.43. The molecule has 1 amide bonds. The third kappa shape index (κ3) is 5.94. The molecule has 0 aliphatic carbocycles. The Labute approximate surface area is 200 Å². The van der Waals surface area contributed by atoms with Gasteiger partial charge in [0.05, 0.1) is 21.7 Å². The topological polar surface area (TPSA) is 131 Å². The molecule has 9 nitrogen and oxygen atoms in total. The van der Waals surface area contributed by atoms with Crippen LogP contribution in [0.2, 0.25) is 10.0 Å². The number of rotatable bonds is 7. The van der Waals surface area contributed by atoms with E-state index in [1.54, 1.807) is 38.1 Å². The minimum absolute atomic E-state index is 0.0583. The number of ketones is 1. The Morgan fingerprint density at radius 1 is 1.21 bits per heavy atom. The van der Waals surface area contributed by atoms with Gasteiger partial charge in [0.1, 0.15) is 17.5 Å². The van der Waals surface area contributed by atoms with E-state index in [2.05, 4.69) is 9.84 Å². The highest BCUT2D eigenvalue weighted by atomic mass is 35.5. The van der Waals surface area contributed by atoms with Crippen LogP contribution in [0.1, 0.15) is 53.1 Å². The fourth-order valence-corrected chi connectivity index (χ4v) is 4.11. The van der Waals surface area contributed by atoms with E-state index in [0.717, 1.165) is 0 Å². The zero-order valence-electron chi connectivity index (χ0n) is 17.9. The lowest BCUT2D eigenvalue weighted by Gasteiger charge is -2.44. The van der Waals surface area contributed by atoms with Crippen LogP contribution in [0.4, 0.5) is 0 Å². The van der Waals surface area contributed by atoms with Crippen LogP contribution in [0.5, 0.6) is 5.75 Å². The lowest BCUT2D eigenvalue weighted by molar-refractivity contribution is -0.141. The summed E-state index contributed by atoms with van der Waals surface area (Å²) >= 11 is 12.2. The van der Waals surface area contributed by atoms with Gasteiger partial charge in [0.2, 0.25) is 0 Å². The van der Waals surface area contributed by atoms with Crippen LogP contribution >= 0.6 is 31.0 Å². The SMILES string of the molecule is CC(=O)c1ccc2c(c1)[C@H](NC(=O)c1cccc(Cl)c1Cl)[C@H](OCOP(=O)(O)O)C(C)(C)O2. The smallest absolute Gasteiger partial charge is 0.471 e. The largest absolute Gasteiger partial charge is 0.485 e. The summed E-state index contributed by atoms with van der Waals surface area (Å²) in [5, 5.41) is 3.08. The number of halogens is 2. The van der Waals surface area contributed by atoms with Crippen molar-refractivity contribution in [3.05, 3.63) is 63.1 Å². The van der Waals surface area contributed by atoms with E-state index in [1.165, 1.54) is 19.1 Å². The highest BCUT2D eigenvalue weighted by molar-refractivity contribution is 7.46. The first-order chi connectivity index (χ1) is 15.3. The molecule has 2 atom stereocenters. The number of benzene rings is 2. The summed E-state index contributed by atoms with van der Waals surface area (Å²) < 4.78 is 27.2. The number of carbonyl (C=O) groups excluding carboxylic acids is 2. The normalized spacial score (nSPS) is 19.4. The second-order valence-electron chi connectivity index (χ2n) is 7.89. The lowest BCUT2D eigenvalue weighted by atomic mass is 9.85. The number of ether oxygens (including phenoxy) is 2. The summed E-state index contributed by atoms with van der Waals surface area (Å²) in [7, 11) is -4.80. The van der Waals surface area contributed by atoms with Crippen LogP contribution in [0.25, 0.3) is 0 Å². The van der Waals surface area contributed by atoms with Crippen molar-refractivity contribution in [2.75, 3.05) is 6.79 Å². The minimum atomic E-state index is -4.80. The quantitative estimate of drug-likeness (QED) is 0.281. The first kappa shape index (κ1) is 25.6. The van der Waals surface area contributed by atoms with Crippen molar-refractivity contribution in [2.24, 2.45) is 0 Å². The standard InChI is InChI=1S/C21H22Cl2NO8P/c1-11(25)12-7-8-16-14(9-12)18(24-20(26)13-5-4-6-15(22)17(13)23)19(21(2,3)32-16)30-10-31-33(27,28)29/h4-9,18-19H,10H2,1-3H3,(H,24,26)(H2,27,28,29)/t18-,19-/m0/s1. The van der Waals surface area contributed by atoms with Crippen LogP contribution in [0.3, 0.4) is 0 Å². The molecule has 1 heterocycles. The zero-order valence-corrected chi connectivity index (χ0v) is 20.3. The van der Waals surface area contributed by atoms with Crippen molar-refractivity contribution >= 4 is 42.7 Å². The molecule has 0 saturated heterocycles. The van der Waals surface area contributed by atoms with Gasteiger partial charge in [-0.05, 0) is 51.1 Å². The number of phosphoric ester groups is 1. The molecule has 2 aromatic rings. The molecule has 0 saturated carbocycles. The summed E-state index contributed by atoms with van der Waals surface area (Å²) in [6.07, 6.45) is -0.972. The average Bonchev–Trinajstić information content (AvgIpc) is 2.70. The Hall–Kier alpha value is -1.97. The van der Waals surface area contributed by atoms with E-state index in [0.29, 0.717) is 16.9 Å². The van der Waals surface area contributed by atoms with Gasteiger partial charge < -0.3 is 24.6 Å². The van der Waals surface area contributed by atoms with E-state index < -0.39 is 38.3 Å². The van der Waals surface area contributed by atoms with Gasteiger partial charge in [0.15, 0.2) is 12.6 Å². The number of Topliss-reactive ketones (excluding diaryl/α,β-unsaturated/α-hetero) is 1. The van der Waals surface area contributed by atoms with E-state index >= 15 is 0 Å². The summed E-state index contributed by atoms with van der Waals surface area (Å²) in [5.41, 5.74) is -0.140. The Morgan fingerprint density at radius 2 is 1.91 bits per heavy atom. The third-order valence-corrected chi connectivity index (χ3v) is 6.32. The van der Waals surface area contributed by atoms with Gasteiger partial charge in [0.25, 0.3) is 5.91 Å². The molecule has 0 aromatic heterocycles. The molecule has 3 N–H and O–H groups in total. The summed E-state index contributed by atoms with van der Waals surface area (Å²) in [6, 6.07) is 8.49. The molecule has 1 aliphatic heterocycles. The van der Waals surface area contributed by atoms with Crippen LogP contribution in [-0.4, -0.2) is 40.0 Å². The molecule has 0 fully saturated rings. The number of amides is 1. The molecular weight excluding hydrogens is 496 g/mol.